The second-order valence-electron chi connectivity index (χ2n) is 9.11. The fourth-order valence-electron chi connectivity index (χ4n) is 4.41. The minimum atomic E-state index is -3.91. The average molecular weight is 504 g/mol. The van der Waals surface area contributed by atoms with E-state index in [1.54, 1.807) is 41.3 Å². The van der Waals surface area contributed by atoms with E-state index >= 15 is 0 Å². The van der Waals surface area contributed by atoms with Crippen molar-refractivity contribution in [2.24, 2.45) is 0 Å². The highest BCUT2D eigenvalue weighted by atomic mass is 32.2. The maximum atomic E-state index is 13.6. The summed E-state index contributed by atoms with van der Waals surface area (Å²) in [6.45, 7) is 7.07. The first-order valence-electron chi connectivity index (χ1n) is 12.2. The summed E-state index contributed by atoms with van der Waals surface area (Å²) >= 11 is 0. The van der Waals surface area contributed by atoms with E-state index < -0.39 is 10.0 Å². The molecule has 1 amide bonds. The molecule has 7 heteroatoms. The quantitative estimate of drug-likeness (QED) is 0.458. The van der Waals surface area contributed by atoms with Crippen LogP contribution in [0.3, 0.4) is 0 Å². The van der Waals surface area contributed by atoms with E-state index in [1.165, 1.54) is 4.31 Å². The molecule has 0 N–H and O–H groups in total. The molecule has 0 atom stereocenters. The Morgan fingerprint density at radius 1 is 0.889 bits per heavy atom. The van der Waals surface area contributed by atoms with E-state index in [4.69, 9.17) is 0 Å². The third-order valence-corrected chi connectivity index (χ3v) is 8.20. The number of amides is 1. The van der Waals surface area contributed by atoms with Gasteiger partial charge in [-0.05, 0) is 43.2 Å². The monoisotopic (exact) mass is 503 g/mol. The Bertz CT molecular complexity index is 1300. The predicted octanol–water partition coefficient (Wildman–Crippen LogP) is 4.36. The molecule has 6 nitrogen and oxygen atoms in total. The molecular weight excluding hydrogens is 470 g/mol. The zero-order chi connectivity index (χ0) is 25.5. The zero-order valence-electron chi connectivity index (χ0n) is 20.9. The van der Waals surface area contributed by atoms with Gasteiger partial charge in [0.05, 0.1) is 10.6 Å². The van der Waals surface area contributed by atoms with Crippen LogP contribution in [0.15, 0.2) is 89.8 Å². The third kappa shape index (κ3) is 6.22. The van der Waals surface area contributed by atoms with Crippen LogP contribution in [0.5, 0.6) is 0 Å². The topological polar surface area (TPSA) is 60.9 Å². The second-order valence-corrected chi connectivity index (χ2v) is 11.0. The molecule has 0 spiro atoms. The number of piperazine rings is 1. The van der Waals surface area contributed by atoms with Gasteiger partial charge in [0, 0.05) is 32.7 Å². The van der Waals surface area contributed by atoms with Gasteiger partial charge in [0.25, 0.3) is 10.0 Å². The number of benzene rings is 3. The van der Waals surface area contributed by atoms with Crippen LogP contribution in [0.4, 0.5) is 5.69 Å². The Balaban J connectivity index is 1.44. The lowest BCUT2D eigenvalue weighted by molar-refractivity contribution is -0.131. The number of anilines is 1. The Morgan fingerprint density at radius 2 is 1.53 bits per heavy atom. The van der Waals surface area contributed by atoms with Crippen molar-refractivity contribution in [3.63, 3.8) is 0 Å². The SMILES string of the molecule is Cc1ccc(N(CC(=O)N2CCN(C/C=C/c3ccccc3)CC2)S(=O)(=O)c2ccccc2)c(C)c1. The molecule has 0 bridgehead atoms. The molecule has 4 rings (SSSR count). The van der Waals surface area contributed by atoms with Gasteiger partial charge in [-0.2, -0.15) is 0 Å². The molecular formula is C29H33N3O3S. The van der Waals surface area contributed by atoms with Gasteiger partial charge in [-0.15, -0.1) is 0 Å². The molecule has 0 saturated carbocycles. The summed E-state index contributed by atoms with van der Waals surface area (Å²) < 4.78 is 28.5. The van der Waals surface area contributed by atoms with Crippen molar-refractivity contribution in [3.8, 4) is 0 Å². The van der Waals surface area contributed by atoms with Crippen LogP contribution in [0, 0.1) is 13.8 Å². The molecule has 1 fully saturated rings. The predicted molar refractivity (Wildman–Crippen MR) is 145 cm³/mol. The van der Waals surface area contributed by atoms with Gasteiger partial charge in [-0.1, -0.05) is 78.4 Å². The van der Waals surface area contributed by atoms with Crippen LogP contribution < -0.4 is 4.31 Å². The summed E-state index contributed by atoms with van der Waals surface area (Å²) in [5, 5.41) is 0. The number of hydrogen-bond donors (Lipinski definition) is 0. The standard InChI is InChI=1S/C29H33N3O3S/c1-24-15-16-28(25(2)22-24)32(36(34,35)27-13-7-4-8-14-27)23-29(33)31-20-18-30(19-21-31)17-9-12-26-10-5-3-6-11-26/h3-16,22H,17-21,23H2,1-2H3/b12-9+. The van der Waals surface area contributed by atoms with Crippen molar-refractivity contribution < 1.29 is 13.2 Å². The van der Waals surface area contributed by atoms with Gasteiger partial charge >= 0.3 is 0 Å². The smallest absolute Gasteiger partial charge is 0.264 e. The first-order valence-corrected chi connectivity index (χ1v) is 13.7. The second kappa shape index (κ2) is 11.5. The van der Waals surface area contributed by atoms with Crippen LogP contribution >= 0.6 is 0 Å². The minimum absolute atomic E-state index is 0.174. The number of aryl methyl sites for hydroxylation is 2. The van der Waals surface area contributed by atoms with E-state index in [1.807, 2.05) is 44.2 Å². The summed E-state index contributed by atoms with van der Waals surface area (Å²) in [4.78, 5) is 17.6. The molecule has 188 valence electrons. The number of rotatable bonds is 8. The van der Waals surface area contributed by atoms with E-state index in [0.29, 0.717) is 18.8 Å². The molecule has 3 aromatic carbocycles. The third-order valence-electron chi connectivity index (χ3n) is 6.43. The zero-order valence-corrected chi connectivity index (χ0v) is 21.7. The van der Waals surface area contributed by atoms with E-state index in [-0.39, 0.29) is 17.3 Å². The number of carbonyl (C=O) groups excluding carboxylic acids is 1. The summed E-state index contributed by atoms with van der Waals surface area (Å²) in [5.74, 6) is -0.186. The molecule has 0 radical (unpaired) electrons. The van der Waals surface area contributed by atoms with Gasteiger partial charge in [0.2, 0.25) is 5.91 Å². The molecule has 0 aliphatic carbocycles. The van der Waals surface area contributed by atoms with Gasteiger partial charge in [0.1, 0.15) is 6.54 Å². The summed E-state index contributed by atoms with van der Waals surface area (Å²) in [7, 11) is -3.91. The average Bonchev–Trinajstić information content (AvgIpc) is 2.89. The fourth-order valence-corrected chi connectivity index (χ4v) is 5.91. The van der Waals surface area contributed by atoms with Crippen LogP contribution in [0.25, 0.3) is 6.08 Å². The maximum absolute atomic E-state index is 13.6. The van der Waals surface area contributed by atoms with Crippen LogP contribution in [0.2, 0.25) is 0 Å². The molecule has 3 aromatic rings. The van der Waals surface area contributed by atoms with E-state index in [2.05, 4.69) is 29.2 Å². The number of nitrogens with zero attached hydrogens (tertiary/aromatic N) is 3. The van der Waals surface area contributed by atoms with Crippen LogP contribution in [-0.4, -0.2) is 63.4 Å². The Kier molecular flexibility index (Phi) is 8.23. The van der Waals surface area contributed by atoms with Crippen molar-refractivity contribution in [2.45, 2.75) is 18.7 Å². The van der Waals surface area contributed by atoms with Crippen molar-refractivity contribution in [1.29, 1.82) is 0 Å². The molecule has 1 aliphatic rings. The molecule has 1 aliphatic heterocycles. The number of sulfonamides is 1. The summed E-state index contributed by atoms with van der Waals surface area (Å²) in [5.41, 5.74) is 3.55. The fraction of sp³-hybridized carbons (Fsp3) is 0.276. The highest BCUT2D eigenvalue weighted by molar-refractivity contribution is 7.92. The highest BCUT2D eigenvalue weighted by Gasteiger charge is 2.30. The highest BCUT2D eigenvalue weighted by Crippen LogP contribution is 2.28. The van der Waals surface area contributed by atoms with Crippen molar-refractivity contribution in [2.75, 3.05) is 43.6 Å². The lowest BCUT2D eigenvalue weighted by atomic mass is 10.1. The van der Waals surface area contributed by atoms with Crippen molar-refractivity contribution in [3.05, 3.63) is 102 Å². The number of carbonyl (C=O) groups is 1. The van der Waals surface area contributed by atoms with E-state index in [0.717, 1.165) is 36.3 Å². The molecule has 36 heavy (non-hydrogen) atoms. The van der Waals surface area contributed by atoms with Crippen LogP contribution in [-0.2, 0) is 14.8 Å². The van der Waals surface area contributed by atoms with E-state index in [9.17, 15) is 13.2 Å². The van der Waals surface area contributed by atoms with Crippen molar-refractivity contribution in [1.82, 2.24) is 9.80 Å². The Morgan fingerprint density at radius 3 is 2.17 bits per heavy atom. The maximum Gasteiger partial charge on any atom is 0.264 e. The summed E-state index contributed by atoms with van der Waals surface area (Å²) in [6.07, 6.45) is 4.24. The van der Waals surface area contributed by atoms with Gasteiger partial charge in [-0.3, -0.25) is 14.0 Å². The van der Waals surface area contributed by atoms with Crippen molar-refractivity contribution >= 4 is 27.7 Å². The lowest BCUT2D eigenvalue weighted by Gasteiger charge is -2.35. The largest absolute Gasteiger partial charge is 0.339 e. The first kappa shape index (κ1) is 25.7. The minimum Gasteiger partial charge on any atom is -0.339 e. The van der Waals surface area contributed by atoms with Gasteiger partial charge in [0.15, 0.2) is 0 Å². The Labute approximate surface area is 214 Å². The summed E-state index contributed by atoms with van der Waals surface area (Å²) in [6, 6.07) is 24.1. The van der Waals surface area contributed by atoms with Crippen LogP contribution in [0.1, 0.15) is 16.7 Å². The Hall–Kier alpha value is -3.42. The molecule has 0 aromatic heterocycles. The molecule has 1 heterocycles. The normalized spacial score (nSPS) is 14.8. The first-order chi connectivity index (χ1) is 17.3. The number of hydrogen-bond acceptors (Lipinski definition) is 4. The molecule has 0 unspecified atom stereocenters. The lowest BCUT2D eigenvalue weighted by Crippen LogP contribution is -2.51. The van der Waals surface area contributed by atoms with Gasteiger partial charge < -0.3 is 4.90 Å². The van der Waals surface area contributed by atoms with Gasteiger partial charge in [-0.25, -0.2) is 8.42 Å². The molecule has 1 saturated heterocycles.